The first-order chi connectivity index (χ1) is 12.0. The molecule has 2 rings (SSSR count). The van der Waals surface area contributed by atoms with E-state index < -0.39 is 29.5 Å². The molecule has 0 saturated carbocycles. The fourth-order valence-corrected chi connectivity index (χ4v) is 1.86. The maximum atomic E-state index is 11.9. The summed E-state index contributed by atoms with van der Waals surface area (Å²) in [6.07, 6.45) is -0.992. The smallest absolute Gasteiger partial charge is 0.344 e. The molecule has 0 spiro atoms. The predicted octanol–water partition coefficient (Wildman–Crippen LogP) is 2.54. The first kappa shape index (κ1) is 17.9. The first-order valence-corrected chi connectivity index (χ1v) is 7.38. The van der Waals surface area contributed by atoms with Crippen LogP contribution in [-0.2, 0) is 14.3 Å². The summed E-state index contributed by atoms with van der Waals surface area (Å²) in [6.45, 7) is 1.03. The molecule has 1 amide bonds. The second kappa shape index (κ2) is 8.44. The van der Waals surface area contributed by atoms with Crippen molar-refractivity contribution in [2.24, 2.45) is 0 Å². The van der Waals surface area contributed by atoms with Crippen molar-refractivity contribution in [3.05, 3.63) is 64.7 Å². The molecule has 8 heteroatoms. The second-order valence-electron chi connectivity index (χ2n) is 5.03. The van der Waals surface area contributed by atoms with Gasteiger partial charge in [0.15, 0.2) is 12.7 Å². The third-order valence-corrected chi connectivity index (χ3v) is 3.12. The van der Waals surface area contributed by atoms with Gasteiger partial charge in [-0.15, -0.1) is 0 Å². The minimum absolute atomic E-state index is 0.0823. The fraction of sp³-hybridized carbons (Fsp3) is 0.176. The summed E-state index contributed by atoms with van der Waals surface area (Å²) in [5.41, 5.74) is 0.513. The highest BCUT2D eigenvalue weighted by Crippen LogP contribution is 2.17. The zero-order valence-corrected chi connectivity index (χ0v) is 13.4. The van der Waals surface area contributed by atoms with Crippen molar-refractivity contribution in [1.29, 1.82) is 0 Å². The van der Waals surface area contributed by atoms with Gasteiger partial charge in [-0.05, 0) is 31.2 Å². The number of rotatable bonds is 7. The van der Waals surface area contributed by atoms with Gasteiger partial charge >= 0.3 is 5.97 Å². The van der Waals surface area contributed by atoms with E-state index in [1.807, 2.05) is 6.07 Å². The maximum Gasteiger partial charge on any atom is 0.344 e. The van der Waals surface area contributed by atoms with Crippen LogP contribution in [0, 0.1) is 10.1 Å². The molecule has 0 unspecified atom stereocenters. The van der Waals surface area contributed by atoms with Gasteiger partial charge in [0.05, 0.1) is 4.92 Å². The van der Waals surface area contributed by atoms with Crippen LogP contribution >= 0.6 is 0 Å². The molecule has 0 heterocycles. The molecule has 0 fully saturated rings. The van der Waals surface area contributed by atoms with Crippen LogP contribution in [0.2, 0.25) is 0 Å². The van der Waals surface area contributed by atoms with Crippen molar-refractivity contribution < 1.29 is 24.0 Å². The topological polar surface area (TPSA) is 108 Å². The van der Waals surface area contributed by atoms with Gasteiger partial charge in [0, 0.05) is 17.8 Å². The molecular weight excluding hydrogens is 328 g/mol. The summed E-state index contributed by atoms with van der Waals surface area (Å²) in [7, 11) is 0. The zero-order valence-electron chi connectivity index (χ0n) is 13.4. The quantitative estimate of drug-likeness (QED) is 0.470. The van der Waals surface area contributed by atoms with Crippen LogP contribution in [0.5, 0.6) is 5.75 Å². The van der Waals surface area contributed by atoms with Crippen molar-refractivity contribution in [1.82, 2.24) is 0 Å². The third-order valence-electron chi connectivity index (χ3n) is 3.12. The molecule has 0 aliphatic heterocycles. The molecule has 25 heavy (non-hydrogen) atoms. The Morgan fingerprint density at radius 1 is 1.12 bits per heavy atom. The number of carbonyl (C=O) groups is 2. The SMILES string of the molecule is C[C@H](OC(=O)COc1ccc([N+](=O)[O-])cc1)C(=O)Nc1ccccc1. The number of non-ortho nitro benzene ring substituents is 1. The van der Waals surface area contributed by atoms with E-state index in [-0.39, 0.29) is 11.4 Å². The molecule has 0 aliphatic carbocycles. The number of nitro benzene ring substituents is 1. The monoisotopic (exact) mass is 344 g/mol. The Hall–Kier alpha value is -3.42. The Labute approximate surface area is 143 Å². The van der Waals surface area contributed by atoms with Crippen LogP contribution in [0.3, 0.4) is 0 Å². The number of esters is 1. The van der Waals surface area contributed by atoms with Crippen molar-refractivity contribution in [3.63, 3.8) is 0 Å². The minimum atomic E-state index is -0.992. The van der Waals surface area contributed by atoms with Crippen LogP contribution in [0.15, 0.2) is 54.6 Å². The number of ether oxygens (including phenoxy) is 2. The van der Waals surface area contributed by atoms with E-state index >= 15 is 0 Å². The van der Waals surface area contributed by atoms with E-state index in [0.29, 0.717) is 5.69 Å². The van der Waals surface area contributed by atoms with Crippen LogP contribution < -0.4 is 10.1 Å². The standard InChI is InChI=1S/C17H16N2O6/c1-12(17(21)18-13-5-3-2-4-6-13)25-16(20)11-24-15-9-7-14(8-10-15)19(22)23/h2-10,12H,11H2,1H3,(H,18,21)/t12-/m0/s1. The molecule has 0 saturated heterocycles. The van der Waals surface area contributed by atoms with Crippen LogP contribution in [0.4, 0.5) is 11.4 Å². The molecule has 1 atom stereocenters. The Morgan fingerprint density at radius 2 is 1.76 bits per heavy atom. The van der Waals surface area contributed by atoms with Gasteiger partial charge in [0.2, 0.25) is 0 Å². The summed E-state index contributed by atoms with van der Waals surface area (Å²) in [4.78, 5) is 33.7. The van der Waals surface area contributed by atoms with Gasteiger partial charge in [-0.3, -0.25) is 14.9 Å². The number of carbonyl (C=O) groups excluding carboxylic acids is 2. The van der Waals surface area contributed by atoms with E-state index in [9.17, 15) is 19.7 Å². The minimum Gasteiger partial charge on any atom is -0.482 e. The molecule has 0 radical (unpaired) electrons. The number of nitro groups is 1. The zero-order chi connectivity index (χ0) is 18.2. The van der Waals surface area contributed by atoms with Gasteiger partial charge in [0.25, 0.3) is 11.6 Å². The molecule has 0 aliphatic rings. The molecule has 8 nitrogen and oxygen atoms in total. The summed E-state index contributed by atoms with van der Waals surface area (Å²) in [5, 5.41) is 13.2. The molecular formula is C17H16N2O6. The average Bonchev–Trinajstić information content (AvgIpc) is 2.61. The number of nitrogens with one attached hydrogen (secondary N) is 1. The lowest BCUT2D eigenvalue weighted by Gasteiger charge is -2.13. The highest BCUT2D eigenvalue weighted by Gasteiger charge is 2.18. The maximum absolute atomic E-state index is 11.9. The van der Waals surface area contributed by atoms with E-state index in [1.54, 1.807) is 24.3 Å². The van der Waals surface area contributed by atoms with Crippen molar-refractivity contribution in [2.75, 3.05) is 11.9 Å². The molecule has 0 aromatic heterocycles. The van der Waals surface area contributed by atoms with Gasteiger partial charge < -0.3 is 14.8 Å². The average molecular weight is 344 g/mol. The molecule has 0 bridgehead atoms. The lowest BCUT2D eigenvalue weighted by molar-refractivity contribution is -0.384. The second-order valence-corrected chi connectivity index (χ2v) is 5.03. The number of anilines is 1. The lowest BCUT2D eigenvalue weighted by atomic mass is 10.3. The van der Waals surface area contributed by atoms with Gasteiger partial charge in [-0.2, -0.15) is 0 Å². The van der Waals surface area contributed by atoms with Crippen molar-refractivity contribution in [3.8, 4) is 5.75 Å². The summed E-state index contributed by atoms with van der Waals surface area (Å²) in [6, 6.07) is 14.0. The predicted molar refractivity (Wildman–Crippen MR) is 89.2 cm³/mol. The number of para-hydroxylation sites is 1. The van der Waals surface area contributed by atoms with E-state index in [1.165, 1.54) is 31.2 Å². The number of amides is 1. The lowest BCUT2D eigenvalue weighted by Crippen LogP contribution is -2.31. The van der Waals surface area contributed by atoms with Gasteiger partial charge in [-0.25, -0.2) is 4.79 Å². The van der Waals surface area contributed by atoms with Crippen molar-refractivity contribution >= 4 is 23.3 Å². The molecule has 2 aromatic rings. The molecule has 1 N–H and O–H groups in total. The van der Waals surface area contributed by atoms with Crippen molar-refractivity contribution in [2.45, 2.75) is 13.0 Å². The first-order valence-electron chi connectivity index (χ1n) is 7.38. The molecule has 130 valence electrons. The van der Waals surface area contributed by atoms with E-state index in [0.717, 1.165) is 0 Å². The number of hydrogen-bond donors (Lipinski definition) is 1. The Kier molecular flexibility index (Phi) is 6.05. The van der Waals surface area contributed by atoms with Crippen LogP contribution in [-0.4, -0.2) is 29.5 Å². The number of benzene rings is 2. The number of hydrogen-bond acceptors (Lipinski definition) is 6. The number of nitrogens with zero attached hydrogens (tertiary/aromatic N) is 1. The highest BCUT2D eigenvalue weighted by molar-refractivity contribution is 5.95. The summed E-state index contributed by atoms with van der Waals surface area (Å²) in [5.74, 6) is -0.909. The van der Waals surface area contributed by atoms with E-state index in [2.05, 4.69) is 5.32 Å². The summed E-state index contributed by atoms with van der Waals surface area (Å²) < 4.78 is 10.2. The van der Waals surface area contributed by atoms with Gasteiger partial charge in [0.1, 0.15) is 5.75 Å². The Morgan fingerprint density at radius 3 is 2.36 bits per heavy atom. The Balaban J connectivity index is 1.79. The van der Waals surface area contributed by atoms with E-state index in [4.69, 9.17) is 9.47 Å². The largest absolute Gasteiger partial charge is 0.482 e. The fourth-order valence-electron chi connectivity index (χ4n) is 1.86. The normalized spacial score (nSPS) is 11.2. The Bertz CT molecular complexity index is 745. The van der Waals surface area contributed by atoms with Crippen LogP contribution in [0.1, 0.15) is 6.92 Å². The summed E-state index contributed by atoms with van der Waals surface area (Å²) >= 11 is 0. The molecule has 2 aromatic carbocycles. The highest BCUT2D eigenvalue weighted by atomic mass is 16.6. The van der Waals surface area contributed by atoms with Gasteiger partial charge in [-0.1, -0.05) is 18.2 Å². The van der Waals surface area contributed by atoms with Crippen LogP contribution in [0.25, 0.3) is 0 Å². The third kappa shape index (κ3) is 5.61.